The average Bonchev–Trinajstić information content (AvgIpc) is 2.35. The molecule has 0 radical (unpaired) electrons. The third kappa shape index (κ3) is 3.64. The number of hydrogen-bond donors (Lipinski definition) is 2. The Kier molecular flexibility index (Phi) is 4.80. The van der Waals surface area contributed by atoms with Gasteiger partial charge in [0, 0.05) is 12.3 Å². The molecule has 0 aliphatic carbocycles. The van der Waals surface area contributed by atoms with Crippen LogP contribution in [0.25, 0.3) is 0 Å². The van der Waals surface area contributed by atoms with Gasteiger partial charge in [-0.3, -0.25) is 10.1 Å². The van der Waals surface area contributed by atoms with Gasteiger partial charge in [-0.15, -0.1) is 0 Å². The van der Waals surface area contributed by atoms with E-state index in [4.69, 9.17) is 5.11 Å². The van der Waals surface area contributed by atoms with Crippen molar-refractivity contribution in [2.75, 3.05) is 5.32 Å². The van der Waals surface area contributed by atoms with Crippen molar-refractivity contribution < 1.29 is 14.8 Å². The number of anilines is 1. The zero-order valence-corrected chi connectivity index (χ0v) is 11.1. The van der Waals surface area contributed by atoms with E-state index in [-0.39, 0.29) is 17.4 Å². The lowest BCUT2D eigenvalue weighted by molar-refractivity contribution is -0.384. The number of nitro groups is 1. The van der Waals surface area contributed by atoms with Crippen LogP contribution in [0, 0.1) is 23.0 Å². The molecule has 0 amide bonds. The lowest BCUT2D eigenvalue weighted by Crippen LogP contribution is -2.35. The third-order valence-electron chi connectivity index (χ3n) is 2.97. The van der Waals surface area contributed by atoms with Gasteiger partial charge in [0.05, 0.1) is 4.92 Å². The highest BCUT2D eigenvalue weighted by molar-refractivity contribution is 5.78. The number of nitrogens with one attached hydrogen (secondary N) is 1. The minimum Gasteiger partial charge on any atom is -0.480 e. The molecular weight excluding hydrogens is 250 g/mol. The van der Waals surface area contributed by atoms with E-state index in [1.807, 2.05) is 6.92 Å². The van der Waals surface area contributed by atoms with Gasteiger partial charge in [0.2, 0.25) is 5.82 Å². The van der Waals surface area contributed by atoms with Crippen molar-refractivity contribution in [3.05, 3.63) is 27.9 Å². The van der Waals surface area contributed by atoms with E-state index in [0.717, 1.165) is 0 Å². The van der Waals surface area contributed by atoms with Crippen molar-refractivity contribution in [3.63, 3.8) is 0 Å². The number of aliphatic carboxylic acids is 1. The molecule has 0 spiro atoms. The van der Waals surface area contributed by atoms with Crippen molar-refractivity contribution in [2.45, 2.75) is 33.2 Å². The zero-order valence-electron chi connectivity index (χ0n) is 11.1. The van der Waals surface area contributed by atoms with Gasteiger partial charge >= 0.3 is 11.7 Å². The molecule has 0 unspecified atom stereocenters. The van der Waals surface area contributed by atoms with Gasteiger partial charge in [-0.1, -0.05) is 20.3 Å². The Morgan fingerprint density at radius 2 is 2.26 bits per heavy atom. The van der Waals surface area contributed by atoms with Gasteiger partial charge in [0.15, 0.2) is 0 Å². The van der Waals surface area contributed by atoms with Crippen LogP contribution in [0.2, 0.25) is 0 Å². The quantitative estimate of drug-likeness (QED) is 0.604. The molecule has 7 heteroatoms. The first-order valence-corrected chi connectivity index (χ1v) is 5.97. The Labute approximate surface area is 110 Å². The summed E-state index contributed by atoms with van der Waals surface area (Å²) in [7, 11) is 0. The third-order valence-corrected chi connectivity index (χ3v) is 2.97. The second kappa shape index (κ2) is 6.12. The van der Waals surface area contributed by atoms with E-state index >= 15 is 0 Å². The molecule has 1 rings (SSSR count). The highest BCUT2D eigenvalue weighted by Gasteiger charge is 2.27. The maximum absolute atomic E-state index is 11.2. The molecule has 0 bridgehead atoms. The number of rotatable bonds is 6. The van der Waals surface area contributed by atoms with Crippen molar-refractivity contribution in [1.82, 2.24) is 4.98 Å². The van der Waals surface area contributed by atoms with Crippen molar-refractivity contribution in [2.24, 2.45) is 5.92 Å². The van der Waals surface area contributed by atoms with E-state index in [0.29, 0.717) is 12.0 Å². The predicted molar refractivity (Wildman–Crippen MR) is 70.1 cm³/mol. The average molecular weight is 267 g/mol. The van der Waals surface area contributed by atoms with E-state index in [1.165, 1.54) is 12.3 Å². The molecule has 1 aromatic heterocycles. The molecule has 0 aliphatic heterocycles. The molecule has 0 saturated heterocycles. The van der Waals surface area contributed by atoms with E-state index in [2.05, 4.69) is 10.3 Å². The van der Waals surface area contributed by atoms with E-state index < -0.39 is 16.9 Å². The monoisotopic (exact) mass is 267 g/mol. The SMILES string of the molecule is CC[C@H](C)[C@H](Nc1ncc(C)cc1[N+](=O)[O-])C(=O)O. The number of carbonyl (C=O) groups is 1. The minimum absolute atomic E-state index is 0.0108. The second-order valence-electron chi connectivity index (χ2n) is 4.48. The van der Waals surface area contributed by atoms with Crippen LogP contribution in [0.5, 0.6) is 0 Å². The summed E-state index contributed by atoms with van der Waals surface area (Å²) in [4.78, 5) is 25.5. The van der Waals surface area contributed by atoms with Gasteiger partial charge in [0.25, 0.3) is 0 Å². The van der Waals surface area contributed by atoms with Crippen LogP contribution in [0.1, 0.15) is 25.8 Å². The fraction of sp³-hybridized carbons (Fsp3) is 0.500. The summed E-state index contributed by atoms with van der Waals surface area (Å²) in [5, 5.41) is 22.8. The first-order chi connectivity index (χ1) is 8.86. The number of carboxylic acids is 1. The fourth-order valence-electron chi connectivity index (χ4n) is 1.63. The van der Waals surface area contributed by atoms with Gasteiger partial charge in [-0.05, 0) is 18.4 Å². The first-order valence-electron chi connectivity index (χ1n) is 5.97. The zero-order chi connectivity index (χ0) is 14.6. The molecule has 2 N–H and O–H groups in total. The second-order valence-corrected chi connectivity index (χ2v) is 4.48. The molecule has 1 heterocycles. The fourth-order valence-corrected chi connectivity index (χ4v) is 1.63. The van der Waals surface area contributed by atoms with Crippen LogP contribution >= 0.6 is 0 Å². The first kappa shape index (κ1) is 14.9. The standard InChI is InChI=1S/C12H17N3O4/c1-4-8(3)10(12(16)17)14-11-9(15(18)19)5-7(2)6-13-11/h5-6,8,10H,4H2,1-3H3,(H,13,14)(H,16,17)/t8-,10-/m0/s1. The molecule has 0 aliphatic rings. The molecule has 0 fully saturated rings. The summed E-state index contributed by atoms with van der Waals surface area (Å²) in [6.45, 7) is 5.32. The normalized spacial score (nSPS) is 13.6. The number of nitrogens with zero attached hydrogens (tertiary/aromatic N) is 2. The maximum Gasteiger partial charge on any atom is 0.326 e. The van der Waals surface area contributed by atoms with Crippen LogP contribution < -0.4 is 5.32 Å². The largest absolute Gasteiger partial charge is 0.480 e. The van der Waals surface area contributed by atoms with Gasteiger partial charge < -0.3 is 10.4 Å². The summed E-state index contributed by atoms with van der Waals surface area (Å²) in [6, 6.07) is 0.462. The van der Waals surface area contributed by atoms with Crippen LogP contribution in [0.15, 0.2) is 12.3 Å². The number of aromatic nitrogens is 1. The molecule has 104 valence electrons. The Bertz CT molecular complexity index is 490. The highest BCUT2D eigenvalue weighted by Crippen LogP contribution is 2.24. The number of pyridine rings is 1. The van der Waals surface area contributed by atoms with Crippen LogP contribution in [-0.2, 0) is 4.79 Å². The Morgan fingerprint density at radius 1 is 1.63 bits per heavy atom. The molecule has 0 saturated carbocycles. The molecule has 2 atom stereocenters. The highest BCUT2D eigenvalue weighted by atomic mass is 16.6. The Morgan fingerprint density at radius 3 is 2.74 bits per heavy atom. The smallest absolute Gasteiger partial charge is 0.326 e. The Balaban J connectivity index is 3.09. The number of aryl methyl sites for hydroxylation is 1. The maximum atomic E-state index is 11.2. The van der Waals surface area contributed by atoms with E-state index in [9.17, 15) is 14.9 Å². The molecule has 7 nitrogen and oxygen atoms in total. The van der Waals surface area contributed by atoms with Crippen LogP contribution in [-0.4, -0.2) is 27.0 Å². The lowest BCUT2D eigenvalue weighted by atomic mass is 9.99. The van der Waals surface area contributed by atoms with Crippen molar-refractivity contribution >= 4 is 17.5 Å². The van der Waals surface area contributed by atoms with Gasteiger partial charge in [0.1, 0.15) is 6.04 Å². The van der Waals surface area contributed by atoms with Crippen molar-refractivity contribution in [3.8, 4) is 0 Å². The summed E-state index contributed by atoms with van der Waals surface area (Å²) in [5.41, 5.74) is 0.433. The molecule has 0 aromatic carbocycles. The lowest BCUT2D eigenvalue weighted by Gasteiger charge is -2.20. The topological polar surface area (TPSA) is 105 Å². The van der Waals surface area contributed by atoms with Crippen molar-refractivity contribution in [1.29, 1.82) is 0 Å². The number of hydrogen-bond acceptors (Lipinski definition) is 5. The molecular formula is C12H17N3O4. The summed E-state index contributed by atoms with van der Waals surface area (Å²) >= 11 is 0. The van der Waals surface area contributed by atoms with Gasteiger partial charge in [-0.25, -0.2) is 9.78 Å². The summed E-state index contributed by atoms with van der Waals surface area (Å²) < 4.78 is 0. The van der Waals surface area contributed by atoms with Crippen LogP contribution in [0.4, 0.5) is 11.5 Å². The summed E-state index contributed by atoms with van der Waals surface area (Å²) in [5.74, 6) is -1.23. The van der Waals surface area contributed by atoms with Crippen LogP contribution in [0.3, 0.4) is 0 Å². The number of carboxylic acid groups (broad SMARTS) is 1. The minimum atomic E-state index is -1.05. The Hall–Kier alpha value is -2.18. The molecule has 19 heavy (non-hydrogen) atoms. The van der Waals surface area contributed by atoms with E-state index in [1.54, 1.807) is 13.8 Å². The van der Waals surface area contributed by atoms with Gasteiger partial charge in [-0.2, -0.15) is 0 Å². The summed E-state index contributed by atoms with van der Waals surface area (Å²) in [6.07, 6.45) is 2.11. The molecule has 1 aromatic rings. The predicted octanol–water partition coefficient (Wildman–Crippen LogP) is 2.21.